The zero-order chi connectivity index (χ0) is 19.1. The fourth-order valence-electron chi connectivity index (χ4n) is 2.72. The molecule has 0 unspecified atom stereocenters. The van der Waals surface area contributed by atoms with E-state index in [9.17, 15) is 13.2 Å². The predicted molar refractivity (Wildman–Crippen MR) is 104 cm³/mol. The first-order chi connectivity index (χ1) is 12.2. The van der Waals surface area contributed by atoms with Gasteiger partial charge in [0.25, 0.3) is 15.6 Å². The number of hydrogen-bond acceptors (Lipinski definition) is 3. The highest BCUT2D eigenvalue weighted by Gasteiger charge is 2.16. The van der Waals surface area contributed by atoms with Crippen LogP contribution in [0.15, 0.2) is 46.1 Å². The van der Waals surface area contributed by atoms with Gasteiger partial charge in [-0.25, -0.2) is 8.42 Å². The fraction of sp³-hybridized carbons (Fsp3) is 0.278. The molecule has 0 aliphatic heterocycles. The monoisotopic (exact) mass is 393 g/mol. The van der Waals surface area contributed by atoms with E-state index >= 15 is 0 Å². The van der Waals surface area contributed by atoms with Crippen molar-refractivity contribution < 1.29 is 8.42 Å². The van der Waals surface area contributed by atoms with Crippen molar-refractivity contribution >= 4 is 38.2 Å². The van der Waals surface area contributed by atoms with Crippen LogP contribution in [0.4, 0.5) is 5.69 Å². The first kappa shape index (κ1) is 18.5. The van der Waals surface area contributed by atoms with Crippen LogP contribution < -0.4 is 10.3 Å². The number of anilines is 1. The molecule has 0 saturated heterocycles. The molecule has 1 aromatic heterocycles. The van der Waals surface area contributed by atoms with Crippen LogP contribution in [-0.4, -0.2) is 18.2 Å². The van der Waals surface area contributed by atoms with Crippen LogP contribution in [0.1, 0.15) is 19.4 Å². The van der Waals surface area contributed by atoms with Crippen LogP contribution in [0.2, 0.25) is 5.02 Å². The zero-order valence-electron chi connectivity index (χ0n) is 14.7. The van der Waals surface area contributed by atoms with E-state index in [4.69, 9.17) is 11.6 Å². The molecule has 6 nitrogen and oxygen atoms in total. The molecule has 0 saturated carbocycles. The molecule has 26 heavy (non-hydrogen) atoms. The van der Waals surface area contributed by atoms with Crippen molar-refractivity contribution in [2.75, 3.05) is 4.72 Å². The van der Waals surface area contributed by atoms with E-state index in [0.717, 1.165) is 11.1 Å². The maximum absolute atomic E-state index is 12.6. The van der Waals surface area contributed by atoms with E-state index in [0.29, 0.717) is 28.6 Å². The molecule has 0 aliphatic carbocycles. The Hall–Kier alpha value is -2.25. The van der Waals surface area contributed by atoms with Crippen molar-refractivity contribution in [3.63, 3.8) is 0 Å². The average molecular weight is 394 g/mol. The van der Waals surface area contributed by atoms with Crippen molar-refractivity contribution in [3.05, 3.63) is 57.3 Å². The Balaban J connectivity index is 1.97. The molecule has 0 atom stereocenters. The molecule has 0 bridgehead atoms. The SMILES string of the molecule is Cc1ccc(S(=O)(=O)Nc2ccc3c(c2)c(=O)[nH]n3CC(C)C)cc1Cl. The van der Waals surface area contributed by atoms with Gasteiger partial charge in [0.15, 0.2) is 0 Å². The minimum atomic E-state index is -3.80. The second-order valence-electron chi connectivity index (χ2n) is 6.69. The number of halogens is 1. The quantitative estimate of drug-likeness (QED) is 0.692. The number of H-pyrrole nitrogens is 1. The van der Waals surface area contributed by atoms with Crippen LogP contribution >= 0.6 is 11.6 Å². The highest BCUT2D eigenvalue weighted by Crippen LogP contribution is 2.23. The first-order valence-corrected chi connectivity index (χ1v) is 10.0. The molecule has 3 rings (SSSR count). The maximum atomic E-state index is 12.6. The van der Waals surface area contributed by atoms with Crippen molar-refractivity contribution in [1.29, 1.82) is 0 Å². The highest BCUT2D eigenvalue weighted by atomic mass is 35.5. The molecule has 0 amide bonds. The minimum absolute atomic E-state index is 0.0690. The number of nitrogens with one attached hydrogen (secondary N) is 2. The van der Waals surface area contributed by atoms with Gasteiger partial charge in [0.2, 0.25) is 0 Å². The van der Waals surface area contributed by atoms with Crippen molar-refractivity contribution in [1.82, 2.24) is 9.78 Å². The molecule has 8 heteroatoms. The molecule has 1 heterocycles. The third-order valence-corrected chi connectivity index (χ3v) is 5.81. The van der Waals surface area contributed by atoms with Gasteiger partial charge in [0.05, 0.1) is 15.8 Å². The lowest BCUT2D eigenvalue weighted by molar-refractivity contribution is 0.492. The van der Waals surface area contributed by atoms with Gasteiger partial charge in [-0.3, -0.25) is 19.3 Å². The van der Waals surface area contributed by atoms with E-state index in [1.165, 1.54) is 12.1 Å². The summed E-state index contributed by atoms with van der Waals surface area (Å²) in [6, 6.07) is 9.46. The van der Waals surface area contributed by atoms with Gasteiger partial charge < -0.3 is 0 Å². The summed E-state index contributed by atoms with van der Waals surface area (Å²) in [7, 11) is -3.80. The standard InChI is InChI=1S/C18H20ClN3O3S/c1-11(2)10-22-17-7-5-13(8-15(17)18(23)20-22)21-26(24,25)14-6-4-12(3)16(19)9-14/h4-9,11,21H,10H2,1-3H3,(H,20,23). The molecule has 138 valence electrons. The van der Waals surface area contributed by atoms with Gasteiger partial charge in [0, 0.05) is 17.3 Å². The number of aromatic amines is 1. The lowest BCUT2D eigenvalue weighted by Crippen LogP contribution is -2.13. The van der Waals surface area contributed by atoms with Gasteiger partial charge >= 0.3 is 0 Å². The summed E-state index contributed by atoms with van der Waals surface area (Å²) in [5.41, 5.74) is 1.61. The third kappa shape index (κ3) is 3.64. The lowest BCUT2D eigenvalue weighted by atomic mass is 10.2. The summed E-state index contributed by atoms with van der Waals surface area (Å²) in [6.45, 7) is 6.58. The Morgan fingerprint density at radius 1 is 1.19 bits per heavy atom. The van der Waals surface area contributed by atoms with Crippen molar-refractivity contribution in [2.45, 2.75) is 32.2 Å². The first-order valence-electron chi connectivity index (χ1n) is 8.19. The number of nitrogens with zero attached hydrogens (tertiary/aromatic N) is 1. The van der Waals surface area contributed by atoms with Gasteiger partial charge in [-0.05, 0) is 48.7 Å². The summed E-state index contributed by atoms with van der Waals surface area (Å²) in [4.78, 5) is 12.2. The normalized spacial score (nSPS) is 12.0. The molecular formula is C18H20ClN3O3S. The van der Waals surface area contributed by atoms with E-state index in [-0.39, 0.29) is 10.5 Å². The number of fused-ring (bicyclic) bond motifs is 1. The Morgan fingerprint density at radius 3 is 2.58 bits per heavy atom. The molecule has 0 fully saturated rings. The fourth-order valence-corrected chi connectivity index (χ4v) is 4.04. The van der Waals surface area contributed by atoms with Crippen LogP contribution in [0, 0.1) is 12.8 Å². The van der Waals surface area contributed by atoms with Crippen LogP contribution in [0.3, 0.4) is 0 Å². The van der Waals surface area contributed by atoms with Crippen LogP contribution in [-0.2, 0) is 16.6 Å². The van der Waals surface area contributed by atoms with E-state index in [2.05, 4.69) is 23.7 Å². The molecule has 2 aromatic carbocycles. The molecular weight excluding hydrogens is 374 g/mol. The topological polar surface area (TPSA) is 84.0 Å². The smallest absolute Gasteiger partial charge is 0.272 e. The number of aryl methyl sites for hydroxylation is 1. The molecule has 0 spiro atoms. The van der Waals surface area contributed by atoms with Gasteiger partial charge in [-0.15, -0.1) is 0 Å². The summed E-state index contributed by atoms with van der Waals surface area (Å²) in [5, 5.41) is 3.60. The summed E-state index contributed by atoms with van der Waals surface area (Å²) < 4.78 is 29.4. The maximum Gasteiger partial charge on any atom is 0.272 e. The van der Waals surface area contributed by atoms with Crippen LogP contribution in [0.5, 0.6) is 0 Å². The second-order valence-corrected chi connectivity index (χ2v) is 8.78. The lowest BCUT2D eigenvalue weighted by Gasteiger charge is -2.10. The molecule has 0 aliphatic rings. The summed E-state index contributed by atoms with van der Waals surface area (Å²) in [5.74, 6) is 0.366. The number of rotatable bonds is 5. The number of benzene rings is 2. The molecule has 3 aromatic rings. The highest BCUT2D eigenvalue weighted by molar-refractivity contribution is 7.92. The Kier molecular flexibility index (Phi) is 4.86. The Bertz CT molecular complexity index is 1130. The summed E-state index contributed by atoms with van der Waals surface area (Å²) >= 11 is 6.03. The molecule has 0 radical (unpaired) electrons. The Morgan fingerprint density at radius 2 is 1.92 bits per heavy atom. The predicted octanol–water partition coefficient (Wildman–Crippen LogP) is 3.75. The number of sulfonamides is 1. The minimum Gasteiger partial charge on any atom is -0.284 e. The van der Waals surface area contributed by atoms with Crippen LogP contribution in [0.25, 0.3) is 10.9 Å². The summed E-state index contributed by atoms with van der Waals surface area (Å²) in [6.07, 6.45) is 0. The van der Waals surface area contributed by atoms with Gasteiger partial charge in [-0.2, -0.15) is 0 Å². The van der Waals surface area contributed by atoms with E-state index in [1.54, 1.807) is 35.9 Å². The van der Waals surface area contributed by atoms with Crippen molar-refractivity contribution in [3.8, 4) is 0 Å². The Labute approximate surface area is 156 Å². The number of hydrogen-bond donors (Lipinski definition) is 2. The van der Waals surface area contributed by atoms with Gasteiger partial charge in [-0.1, -0.05) is 31.5 Å². The zero-order valence-corrected chi connectivity index (χ0v) is 16.3. The largest absolute Gasteiger partial charge is 0.284 e. The molecule has 2 N–H and O–H groups in total. The number of aromatic nitrogens is 2. The third-order valence-electron chi connectivity index (χ3n) is 4.02. The van der Waals surface area contributed by atoms with E-state index in [1.807, 2.05) is 0 Å². The second kappa shape index (κ2) is 6.81. The average Bonchev–Trinajstić information content (AvgIpc) is 2.84. The van der Waals surface area contributed by atoms with Crippen molar-refractivity contribution in [2.24, 2.45) is 5.92 Å². The van der Waals surface area contributed by atoms with Gasteiger partial charge in [0.1, 0.15) is 0 Å². The van der Waals surface area contributed by atoms with E-state index < -0.39 is 10.0 Å².